The third-order valence-corrected chi connectivity index (χ3v) is 4.64. The molecule has 0 saturated heterocycles. The second kappa shape index (κ2) is 6.64. The molecule has 1 atom stereocenters. The Morgan fingerprint density at radius 2 is 2.00 bits per heavy atom. The normalized spacial score (nSPS) is 12.2. The summed E-state index contributed by atoms with van der Waals surface area (Å²) in [4.78, 5) is 13.2. The van der Waals surface area contributed by atoms with Crippen molar-refractivity contribution in [3.63, 3.8) is 0 Å². The first-order valence-corrected chi connectivity index (χ1v) is 7.78. The fourth-order valence-corrected chi connectivity index (χ4v) is 3.17. The van der Waals surface area contributed by atoms with E-state index in [1.165, 1.54) is 11.8 Å². The molecule has 0 fully saturated rings. The summed E-state index contributed by atoms with van der Waals surface area (Å²) in [6, 6.07) is 4.91. The number of benzene rings is 1. The Bertz CT molecular complexity index is 650. The van der Waals surface area contributed by atoms with Gasteiger partial charge in [-0.2, -0.15) is 0 Å². The van der Waals surface area contributed by atoms with Gasteiger partial charge in [-0.05, 0) is 32.0 Å². The fraction of sp³-hybridized carbons (Fsp3) is 0.214. The molecule has 1 aromatic heterocycles. The molecule has 7 heteroatoms. The van der Waals surface area contributed by atoms with Gasteiger partial charge < -0.3 is 15.5 Å². The molecule has 2 aromatic rings. The Hall–Kier alpha value is -1.30. The van der Waals surface area contributed by atoms with Crippen LogP contribution in [0.15, 0.2) is 33.8 Å². The van der Waals surface area contributed by atoms with E-state index in [4.69, 9.17) is 33.4 Å². The van der Waals surface area contributed by atoms with Crippen LogP contribution in [0.5, 0.6) is 0 Å². The van der Waals surface area contributed by atoms with Crippen LogP contribution in [-0.2, 0) is 4.79 Å². The average molecular weight is 345 g/mol. The zero-order valence-corrected chi connectivity index (χ0v) is 13.8. The van der Waals surface area contributed by atoms with E-state index in [0.717, 1.165) is 10.7 Å². The summed E-state index contributed by atoms with van der Waals surface area (Å²) in [5.41, 5.74) is 6.44. The summed E-state index contributed by atoms with van der Waals surface area (Å²) < 4.78 is 5.21. The highest BCUT2D eigenvalue weighted by Gasteiger charge is 2.19. The molecule has 0 radical (unpaired) electrons. The third-order valence-electron chi connectivity index (χ3n) is 2.80. The summed E-state index contributed by atoms with van der Waals surface area (Å²) >= 11 is 13.5. The van der Waals surface area contributed by atoms with Crippen LogP contribution in [0, 0.1) is 6.92 Å². The lowest BCUT2D eigenvalue weighted by Gasteiger charge is -2.14. The molecule has 2 rings (SSSR count). The highest BCUT2D eigenvalue weighted by molar-refractivity contribution is 8.00. The van der Waals surface area contributed by atoms with E-state index in [9.17, 15) is 4.79 Å². The molecule has 0 spiro atoms. The molecular formula is C14H14Cl2N2O2S. The molecule has 0 aliphatic carbocycles. The summed E-state index contributed by atoms with van der Waals surface area (Å²) in [6.45, 7) is 3.65. The molecular weight excluding hydrogens is 331 g/mol. The van der Waals surface area contributed by atoms with Crippen LogP contribution in [-0.4, -0.2) is 11.2 Å². The molecule has 3 N–H and O–H groups in total. The van der Waals surface area contributed by atoms with Gasteiger partial charge in [-0.25, -0.2) is 0 Å². The maximum atomic E-state index is 12.2. The number of hydrogen-bond acceptors (Lipinski definition) is 4. The number of carbonyl (C=O) groups is 1. The molecule has 1 heterocycles. The highest BCUT2D eigenvalue weighted by atomic mass is 35.5. The van der Waals surface area contributed by atoms with Crippen molar-refractivity contribution in [2.24, 2.45) is 0 Å². The van der Waals surface area contributed by atoms with Crippen LogP contribution in [0.2, 0.25) is 10.0 Å². The predicted molar refractivity (Wildman–Crippen MR) is 88.3 cm³/mol. The van der Waals surface area contributed by atoms with E-state index in [0.29, 0.717) is 21.4 Å². The first-order chi connectivity index (χ1) is 9.88. The van der Waals surface area contributed by atoms with Gasteiger partial charge in [0.2, 0.25) is 5.91 Å². The van der Waals surface area contributed by atoms with Crippen LogP contribution < -0.4 is 11.1 Å². The van der Waals surface area contributed by atoms with E-state index in [1.807, 2.05) is 13.0 Å². The van der Waals surface area contributed by atoms with Gasteiger partial charge in [0.05, 0.1) is 27.2 Å². The smallest absolute Gasteiger partial charge is 0.237 e. The third kappa shape index (κ3) is 3.87. The maximum Gasteiger partial charge on any atom is 0.237 e. The number of aryl methyl sites for hydroxylation is 1. The number of nitrogens with two attached hydrogens (primary N) is 1. The van der Waals surface area contributed by atoms with Crippen molar-refractivity contribution in [3.8, 4) is 0 Å². The second-order valence-corrected chi connectivity index (χ2v) is 6.65. The van der Waals surface area contributed by atoms with Crippen LogP contribution >= 0.6 is 35.0 Å². The first-order valence-electron chi connectivity index (χ1n) is 6.14. The zero-order valence-electron chi connectivity index (χ0n) is 11.4. The molecule has 0 aliphatic rings. The molecule has 21 heavy (non-hydrogen) atoms. The van der Waals surface area contributed by atoms with Crippen molar-refractivity contribution in [3.05, 3.63) is 40.3 Å². The lowest BCUT2D eigenvalue weighted by molar-refractivity contribution is -0.115. The van der Waals surface area contributed by atoms with Crippen molar-refractivity contribution in [2.75, 3.05) is 11.1 Å². The summed E-state index contributed by atoms with van der Waals surface area (Å²) in [6.07, 6.45) is 1.59. The summed E-state index contributed by atoms with van der Waals surface area (Å²) in [5, 5.41) is 3.02. The number of rotatable bonds is 4. The molecule has 0 saturated carbocycles. The lowest BCUT2D eigenvalue weighted by atomic mass is 10.2. The molecule has 1 amide bonds. The lowest BCUT2D eigenvalue weighted by Crippen LogP contribution is -2.22. The monoisotopic (exact) mass is 344 g/mol. The largest absolute Gasteiger partial charge is 0.468 e. The van der Waals surface area contributed by atoms with Crippen LogP contribution in [0.4, 0.5) is 11.4 Å². The number of nitrogens with one attached hydrogen (secondary N) is 1. The van der Waals surface area contributed by atoms with E-state index < -0.39 is 0 Å². The standard InChI is InChI=1S/C14H14Cl2N2O2S/c1-7-12(3-4-20-7)21-8(2)14(19)18-13-10(15)5-9(17)6-11(13)16/h3-6,8H,17H2,1-2H3,(H,18,19). The van der Waals surface area contributed by atoms with Crippen molar-refractivity contribution in [2.45, 2.75) is 24.0 Å². The van der Waals surface area contributed by atoms with Crippen LogP contribution in [0.25, 0.3) is 0 Å². The van der Waals surface area contributed by atoms with Gasteiger partial charge in [0.15, 0.2) is 0 Å². The molecule has 112 valence electrons. The van der Waals surface area contributed by atoms with E-state index in [1.54, 1.807) is 25.3 Å². The number of halogens is 2. The number of hydrogen-bond donors (Lipinski definition) is 2. The molecule has 1 unspecified atom stereocenters. The Labute approximate surface area is 137 Å². The number of thioether (sulfide) groups is 1. The van der Waals surface area contributed by atoms with Gasteiger partial charge in [-0.1, -0.05) is 23.2 Å². The topological polar surface area (TPSA) is 68.3 Å². The summed E-state index contributed by atoms with van der Waals surface area (Å²) in [5.74, 6) is 0.581. The molecule has 0 aliphatic heterocycles. The van der Waals surface area contributed by atoms with Crippen molar-refractivity contribution in [1.29, 1.82) is 0 Å². The van der Waals surface area contributed by atoms with Crippen molar-refractivity contribution < 1.29 is 9.21 Å². The quantitative estimate of drug-likeness (QED) is 0.628. The minimum Gasteiger partial charge on any atom is -0.468 e. The second-order valence-electron chi connectivity index (χ2n) is 4.45. The zero-order chi connectivity index (χ0) is 15.6. The minimum absolute atomic E-state index is 0.200. The number of anilines is 2. The Morgan fingerprint density at radius 3 is 2.52 bits per heavy atom. The minimum atomic E-state index is -0.328. The van der Waals surface area contributed by atoms with E-state index in [-0.39, 0.29) is 11.2 Å². The maximum absolute atomic E-state index is 12.2. The number of carbonyl (C=O) groups excluding carboxylic acids is 1. The summed E-state index contributed by atoms with van der Waals surface area (Å²) in [7, 11) is 0. The highest BCUT2D eigenvalue weighted by Crippen LogP contribution is 2.34. The van der Waals surface area contributed by atoms with Crippen LogP contribution in [0.1, 0.15) is 12.7 Å². The van der Waals surface area contributed by atoms with Gasteiger partial charge in [-0.3, -0.25) is 4.79 Å². The SMILES string of the molecule is Cc1occc1SC(C)C(=O)Nc1c(Cl)cc(N)cc1Cl. The van der Waals surface area contributed by atoms with Gasteiger partial charge in [-0.15, -0.1) is 11.8 Å². The average Bonchev–Trinajstić information content (AvgIpc) is 2.79. The Balaban J connectivity index is 2.09. The van der Waals surface area contributed by atoms with Gasteiger partial charge in [0.1, 0.15) is 5.76 Å². The first kappa shape index (κ1) is 16.1. The number of amides is 1. The Morgan fingerprint density at radius 1 is 1.38 bits per heavy atom. The number of furan rings is 1. The molecule has 0 bridgehead atoms. The van der Waals surface area contributed by atoms with Crippen molar-refractivity contribution in [1.82, 2.24) is 0 Å². The number of nitrogen functional groups attached to an aromatic ring is 1. The van der Waals surface area contributed by atoms with Crippen molar-refractivity contribution >= 4 is 52.2 Å². The predicted octanol–water partition coefficient (Wildman–Crippen LogP) is 4.60. The van der Waals surface area contributed by atoms with E-state index in [2.05, 4.69) is 5.32 Å². The van der Waals surface area contributed by atoms with Gasteiger partial charge in [0.25, 0.3) is 0 Å². The fourth-order valence-electron chi connectivity index (χ4n) is 1.68. The molecule has 1 aromatic carbocycles. The Kier molecular flexibility index (Phi) is 5.08. The van der Waals surface area contributed by atoms with Gasteiger partial charge >= 0.3 is 0 Å². The van der Waals surface area contributed by atoms with Crippen LogP contribution in [0.3, 0.4) is 0 Å². The molecule has 4 nitrogen and oxygen atoms in total. The van der Waals surface area contributed by atoms with E-state index >= 15 is 0 Å². The van der Waals surface area contributed by atoms with Gasteiger partial charge in [0, 0.05) is 10.6 Å².